The van der Waals surface area contributed by atoms with Gasteiger partial charge in [-0.15, -0.1) is 0 Å². The van der Waals surface area contributed by atoms with Gasteiger partial charge in [0.05, 0.1) is 27.9 Å². The SMILES string of the molecule is COc1cc(C(=O)N2CCN(C(=O)OC(C)(C)C)C(C(=O)N(C)C)C2)cc(OC)c1OC. The number of methoxy groups -OCH3 is 3. The molecule has 3 amide bonds. The Bertz CT molecular complexity index is 839. The first-order valence-electron chi connectivity index (χ1n) is 10.2. The van der Waals surface area contributed by atoms with Crippen molar-refractivity contribution in [2.24, 2.45) is 0 Å². The van der Waals surface area contributed by atoms with Crippen molar-refractivity contribution in [1.82, 2.24) is 14.7 Å². The van der Waals surface area contributed by atoms with Gasteiger partial charge in [0.1, 0.15) is 11.6 Å². The molecule has 0 radical (unpaired) electrons. The number of nitrogens with zero attached hydrogens (tertiary/aromatic N) is 3. The van der Waals surface area contributed by atoms with Crippen LogP contribution in [0.1, 0.15) is 31.1 Å². The van der Waals surface area contributed by atoms with E-state index in [0.717, 1.165) is 0 Å². The maximum Gasteiger partial charge on any atom is 0.411 e. The lowest BCUT2D eigenvalue weighted by molar-refractivity contribution is -0.136. The summed E-state index contributed by atoms with van der Waals surface area (Å²) < 4.78 is 21.5. The summed E-state index contributed by atoms with van der Waals surface area (Å²) in [6.45, 7) is 5.72. The topological polar surface area (TPSA) is 97.9 Å². The molecule has 0 saturated carbocycles. The van der Waals surface area contributed by atoms with E-state index in [4.69, 9.17) is 18.9 Å². The average molecular weight is 452 g/mol. The van der Waals surface area contributed by atoms with Crippen molar-refractivity contribution in [3.05, 3.63) is 17.7 Å². The third-order valence-electron chi connectivity index (χ3n) is 4.93. The lowest BCUT2D eigenvalue weighted by Crippen LogP contribution is -2.61. The molecular formula is C22H33N3O7. The van der Waals surface area contributed by atoms with E-state index in [0.29, 0.717) is 22.8 Å². The molecule has 178 valence electrons. The highest BCUT2D eigenvalue weighted by Gasteiger charge is 2.40. The number of piperazine rings is 1. The first-order chi connectivity index (χ1) is 14.9. The van der Waals surface area contributed by atoms with Gasteiger partial charge < -0.3 is 28.7 Å². The van der Waals surface area contributed by atoms with Crippen LogP contribution in [0.3, 0.4) is 0 Å². The summed E-state index contributed by atoms with van der Waals surface area (Å²) >= 11 is 0. The van der Waals surface area contributed by atoms with E-state index in [2.05, 4.69) is 0 Å². The third kappa shape index (κ3) is 5.54. The Morgan fingerprint density at radius 2 is 1.53 bits per heavy atom. The summed E-state index contributed by atoms with van der Waals surface area (Å²) in [6, 6.07) is 2.26. The first kappa shape index (κ1) is 25.1. The van der Waals surface area contributed by atoms with E-state index < -0.39 is 17.7 Å². The zero-order valence-electron chi connectivity index (χ0n) is 20.1. The van der Waals surface area contributed by atoms with E-state index >= 15 is 0 Å². The Balaban J connectivity index is 2.33. The van der Waals surface area contributed by atoms with Gasteiger partial charge in [-0.2, -0.15) is 0 Å². The van der Waals surface area contributed by atoms with Crippen LogP contribution in [0.5, 0.6) is 17.2 Å². The van der Waals surface area contributed by atoms with Crippen molar-refractivity contribution in [2.45, 2.75) is 32.4 Å². The Morgan fingerprint density at radius 3 is 1.97 bits per heavy atom. The fourth-order valence-electron chi connectivity index (χ4n) is 3.40. The Morgan fingerprint density at radius 1 is 0.969 bits per heavy atom. The van der Waals surface area contributed by atoms with Crippen LogP contribution in [0.2, 0.25) is 0 Å². The number of likely N-dealkylation sites (N-methyl/N-ethyl adjacent to an activating group) is 1. The highest BCUT2D eigenvalue weighted by atomic mass is 16.6. The summed E-state index contributed by atoms with van der Waals surface area (Å²) in [7, 11) is 7.63. The fourth-order valence-corrected chi connectivity index (χ4v) is 3.40. The van der Waals surface area contributed by atoms with Crippen molar-refractivity contribution in [1.29, 1.82) is 0 Å². The lowest BCUT2D eigenvalue weighted by Gasteiger charge is -2.41. The number of hydrogen-bond acceptors (Lipinski definition) is 7. The Hall–Kier alpha value is -3.17. The number of benzene rings is 1. The summed E-state index contributed by atoms with van der Waals surface area (Å²) in [5.74, 6) is 0.469. The molecule has 0 spiro atoms. The molecule has 1 aliphatic rings. The van der Waals surface area contributed by atoms with Crippen molar-refractivity contribution in [3.63, 3.8) is 0 Å². The quantitative estimate of drug-likeness (QED) is 0.674. The van der Waals surface area contributed by atoms with Crippen molar-refractivity contribution < 1.29 is 33.3 Å². The van der Waals surface area contributed by atoms with Gasteiger partial charge in [-0.3, -0.25) is 14.5 Å². The largest absolute Gasteiger partial charge is 0.493 e. The van der Waals surface area contributed by atoms with Gasteiger partial charge in [0.2, 0.25) is 11.7 Å². The molecule has 1 aromatic rings. The number of carbonyl (C=O) groups excluding carboxylic acids is 3. The van der Waals surface area contributed by atoms with Gasteiger partial charge in [-0.1, -0.05) is 0 Å². The van der Waals surface area contributed by atoms with Crippen LogP contribution in [0.15, 0.2) is 12.1 Å². The van der Waals surface area contributed by atoms with Gasteiger partial charge in [0, 0.05) is 32.7 Å². The smallest absolute Gasteiger partial charge is 0.411 e. The average Bonchev–Trinajstić information content (AvgIpc) is 2.75. The minimum absolute atomic E-state index is 0.0335. The summed E-state index contributed by atoms with van der Waals surface area (Å²) in [5, 5.41) is 0. The van der Waals surface area contributed by atoms with Gasteiger partial charge in [0.25, 0.3) is 5.91 Å². The van der Waals surface area contributed by atoms with E-state index in [-0.39, 0.29) is 31.4 Å². The molecule has 1 fully saturated rings. The maximum atomic E-state index is 13.3. The Kier molecular flexibility index (Phi) is 7.82. The summed E-state index contributed by atoms with van der Waals surface area (Å²) in [5.41, 5.74) is -0.382. The summed E-state index contributed by atoms with van der Waals surface area (Å²) in [6.07, 6.45) is -0.586. The second-order valence-electron chi connectivity index (χ2n) is 8.59. The third-order valence-corrected chi connectivity index (χ3v) is 4.93. The second-order valence-corrected chi connectivity index (χ2v) is 8.59. The van der Waals surface area contributed by atoms with Crippen molar-refractivity contribution in [2.75, 3.05) is 55.1 Å². The number of amides is 3. The van der Waals surface area contributed by atoms with Crippen LogP contribution in [0, 0.1) is 0 Å². The molecule has 10 heteroatoms. The first-order valence-corrected chi connectivity index (χ1v) is 10.2. The molecule has 0 aromatic heterocycles. The lowest BCUT2D eigenvalue weighted by atomic mass is 10.1. The van der Waals surface area contributed by atoms with Crippen LogP contribution in [0.4, 0.5) is 4.79 Å². The van der Waals surface area contributed by atoms with Crippen molar-refractivity contribution >= 4 is 17.9 Å². The fraction of sp³-hybridized carbons (Fsp3) is 0.591. The van der Waals surface area contributed by atoms with E-state index in [9.17, 15) is 14.4 Å². The molecular weight excluding hydrogens is 418 g/mol. The van der Waals surface area contributed by atoms with E-state index in [1.807, 2.05) is 0 Å². The normalized spacial score (nSPS) is 16.3. The highest BCUT2D eigenvalue weighted by molar-refractivity contribution is 5.96. The van der Waals surface area contributed by atoms with Crippen molar-refractivity contribution in [3.8, 4) is 17.2 Å². The van der Waals surface area contributed by atoms with Crippen LogP contribution in [-0.2, 0) is 9.53 Å². The predicted octanol–water partition coefficient (Wildman–Crippen LogP) is 1.86. The summed E-state index contributed by atoms with van der Waals surface area (Å²) in [4.78, 5) is 43.2. The zero-order chi connectivity index (χ0) is 24.2. The van der Waals surface area contributed by atoms with Crippen LogP contribution >= 0.6 is 0 Å². The molecule has 10 nitrogen and oxygen atoms in total. The molecule has 1 saturated heterocycles. The van der Waals surface area contributed by atoms with Gasteiger partial charge in [-0.25, -0.2) is 4.79 Å². The maximum absolute atomic E-state index is 13.3. The van der Waals surface area contributed by atoms with Crippen LogP contribution in [0.25, 0.3) is 0 Å². The second kappa shape index (κ2) is 9.97. The van der Waals surface area contributed by atoms with E-state index in [1.54, 1.807) is 47.0 Å². The molecule has 1 heterocycles. The van der Waals surface area contributed by atoms with Gasteiger partial charge >= 0.3 is 6.09 Å². The molecule has 0 aliphatic carbocycles. The minimum Gasteiger partial charge on any atom is -0.493 e. The molecule has 0 N–H and O–H groups in total. The molecule has 1 aliphatic heterocycles. The highest BCUT2D eigenvalue weighted by Crippen LogP contribution is 2.38. The number of carbonyl (C=O) groups is 3. The van der Waals surface area contributed by atoms with Crippen LogP contribution < -0.4 is 14.2 Å². The molecule has 2 rings (SSSR count). The molecule has 0 bridgehead atoms. The zero-order valence-corrected chi connectivity index (χ0v) is 20.1. The number of rotatable bonds is 5. The number of hydrogen-bond donors (Lipinski definition) is 0. The van der Waals surface area contributed by atoms with Gasteiger partial charge in [-0.05, 0) is 32.9 Å². The van der Waals surface area contributed by atoms with Gasteiger partial charge in [0.15, 0.2) is 11.5 Å². The monoisotopic (exact) mass is 451 g/mol. The predicted molar refractivity (Wildman–Crippen MR) is 117 cm³/mol. The molecule has 1 unspecified atom stereocenters. The Labute approximate surface area is 188 Å². The standard InChI is InChI=1S/C22H33N3O7/c1-22(2,3)32-21(28)25-10-9-24(13-15(25)20(27)23(4)5)19(26)14-11-16(29-6)18(31-8)17(12-14)30-7/h11-12,15H,9-10,13H2,1-8H3. The minimum atomic E-state index is -0.861. The molecule has 32 heavy (non-hydrogen) atoms. The number of ether oxygens (including phenoxy) is 4. The van der Waals surface area contributed by atoms with Crippen LogP contribution in [-0.4, -0.2) is 99.3 Å². The molecule has 1 aromatic carbocycles. The molecule has 1 atom stereocenters. The van der Waals surface area contributed by atoms with E-state index in [1.165, 1.54) is 36.0 Å².